The number of nitrogens with one attached hydrogen (secondary N) is 2. The van der Waals surface area contributed by atoms with Crippen LogP contribution < -0.4 is 10.6 Å². The van der Waals surface area contributed by atoms with E-state index in [-0.39, 0.29) is 18.0 Å². The Morgan fingerprint density at radius 1 is 1.29 bits per heavy atom. The molecule has 0 unspecified atom stereocenters. The number of halogens is 2. The highest BCUT2D eigenvalue weighted by atomic mass is 35.5. The van der Waals surface area contributed by atoms with Crippen LogP contribution in [0.1, 0.15) is 23.3 Å². The first-order valence-electron chi connectivity index (χ1n) is 6.51. The third-order valence-corrected chi connectivity index (χ3v) is 2.95. The van der Waals surface area contributed by atoms with Crippen LogP contribution in [0.25, 0.3) is 0 Å². The number of aromatic nitrogens is 1. The van der Waals surface area contributed by atoms with E-state index >= 15 is 0 Å². The standard InChI is InChI=1S/C13H13ClFN3O6/c14-4-9(19)17-6-3-7(15)11(16-5-6)12(22)18-8(13(23)24)1-2-10(20)21/h3,5,8H,1-2,4H2,(H,17,19)(H,18,22)(H,20,21)(H,23,24)/t8-/m0/s1. The zero-order chi connectivity index (χ0) is 18.3. The number of hydrogen-bond acceptors (Lipinski definition) is 5. The van der Waals surface area contributed by atoms with Gasteiger partial charge in [-0.05, 0) is 6.42 Å². The Hall–Kier alpha value is -2.75. The summed E-state index contributed by atoms with van der Waals surface area (Å²) in [6, 6.07) is -0.690. The fraction of sp³-hybridized carbons (Fsp3) is 0.308. The number of carbonyl (C=O) groups excluding carboxylic acids is 2. The van der Waals surface area contributed by atoms with Crippen LogP contribution in [0.3, 0.4) is 0 Å². The molecule has 2 amide bonds. The van der Waals surface area contributed by atoms with Gasteiger partial charge in [0.05, 0.1) is 11.9 Å². The Balaban J connectivity index is 2.84. The maximum Gasteiger partial charge on any atom is 0.326 e. The number of hydrogen-bond donors (Lipinski definition) is 4. The Kier molecular flexibility index (Phi) is 7.05. The van der Waals surface area contributed by atoms with Crippen molar-refractivity contribution in [2.45, 2.75) is 18.9 Å². The summed E-state index contributed by atoms with van der Waals surface area (Å²) in [6.45, 7) is 0. The molecule has 0 bridgehead atoms. The molecule has 0 saturated heterocycles. The number of aliphatic carboxylic acids is 2. The summed E-state index contributed by atoms with van der Waals surface area (Å²) in [5, 5.41) is 21.7. The van der Waals surface area contributed by atoms with Crippen molar-refractivity contribution < 1.29 is 33.8 Å². The lowest BCUT2D eigenvalue weighted by atomic mass is 10.1. The van der Waals surface area contributed by atoms with Gasteiger partial charge in [0.25, 0.3) is 5.91 Å². The molecule has 0 aromatic carbocycles. The van der Waals surface area contributed by atoms with Crippen molar-refractivity contribution in [3.63, 3.8) is 0 Å². The molecule has 0 fully saturated rings. The number of carboxylic acids is 2. The van der Waals surface area contributed by atoms with Crippen LogP contribution in [-0.4, -0.2) is 50.9 Å². The second-order valence-electron chi connectivity index (χ2n) is 4.53. The normalized spacial score (nSPS) is 11.4. The van der Waals surface area contributed by atoms with E-state index in [0.717, 1.165) is 12.3 Å². The predicted octanol–water partition coefficient (Wildman–Crippen LogP) is 0.446. The van der Waals surface area contributed by atoms with E-state index in [1.807, 2.05) is 5.32 Å². The third kappa shape index (κ3) is 5.80. The highest BCUT2D eigenvalue weighted by Gasteiger charge is 2.24. The Morgan fingerprint density at radius 3 is 2.46 bits per heavy atom. The van der Waals surface area contributed by atoms with Crippen LogP contribution in [0.5, 0.6) is 0 Å². The monoisotopic (exact) mass is 361 g/mol. The number of pyridine rings is 1. The molecule has 1 aromatic heterocycles. The van der Waals surface area contributed by atoms with E-state index in [1.165, 1.54) is 0 Å². The highest BCUT2D eigenvalue weighted by Crippen LogP contribution is 2.12. The molecule has 1 rings (SSSR count). The summed E-state index contributed by atoms with van der Waals surface area (Å²) >= 11 is 5.27. The number of alkyl halides is 1. The van der Waals surface area contributed by atoms with Crippen LogP contribution in [0.15, 0.2) is 12.3 Å². The van der Waals surface area contributed by atoms with E-state index in [0.29, 0.717) is 0 Å². The van der Waals surface area contributed by atoms with Gasteiger partial charge in [-0.2, -0.15) is 0 Å². The minimum absolute atomic E-state index is 0.0321. The number of rotatable bonds is 8. The van der Waals surface area contributed by atoms with Gasteiger partial charge in [-0.3, -0.25) is 14.4 Å². The van der Waals surface area contributed by atoms with Crippen LogP contribution in [0.2, 0.25) is 0 Å². The molecule has 0 spiro atoms. The van der Waals surface area contributed by atoms with E-state index in [4.69, 9.17) is 21.8 Å². The van der Waals surface area contributed by atoms with Crippen molar-refractivity contribution in [2.75, 3.05) is 11.2 Å². The molecule has 0 aliphatic rings. The molecule has 130 valence electrons. The second-order valence-corrected chi connectivity index (χ2v) is 4.80. The number of anilines is 1. The second kappa shape index (κ2) is 8.77. The summed E-state index contributed by atoms with van der Waals surface area (Å²) in [5.41, 5.74) is -0.726. The molecule has 1 aromatic rings. The predicted molar refractivity (Wildman–Crippen MR) is 79.3 cm³/mol. The van der Waals surface area contributed by atoms with Gasteiger partial charge < -0.3 is 20.8 Å². The van der Waals surface area contributed by atoms with Gasteiger partial charge in [-0.25, -0.2) is 14.2 Å². The van der Waals surface area contributed by atoms with Crippen molar-refractivity contribution in [2.24, 2.45) is 0 Å². The van der Waals surface area contributed by atoms with Crippen molar-refractivity contribution in [3.8, 4) is 0 Å². The Labute approximate surface area is 139 Å². The lowest BCUT2D eigenvalue weighted by molar-refractivity contribution is -0.140. The fourth-order valence-electron chi connectivity index (χ4n) is 1.62. The molecule has 1 heterocycles. The molecular weight excluding hydrogens is 349 g/mol. The number of carboxylic acid groups (broad SMARTS) is 2. The quantitative estimate of drug-likeness (QED) is 0.491. The van der Waals surface area contributed by atoms with Gasteiger partial charge in [0.1, 0.15) is 11.9 Å². The summed E-state index contributed by atoms with van der Waals surface area (Å²) in [4.78, 5) is 47.9. The molecule has 0 saturated carbocycles. The molecular formula is C13H13ClFN3O6. The molecule has 11 heteroatoms. The molecule has 0 aliphatic heterocycles. The van der Waals surface area contributed by atoms with Crippen LogP contribution in [-0.2, 0) is 14.4 Å². The molecule has 0 aliphatic carbocycles. The highest BCUT2D eigenvalue weighted by molar-refractivity contribution is 6.29. The molecule has 24 heavy (non-hydrogen) atoms. The van der Waals surface area contributed by atoms with E-state index in [1.54, 1.807) is 0 Å². The summed E-state index contributed by atoms with van der Waals surface area (Å²) in [6.07, 6.45) is 0.133. The van der Waals surface area contributed by atoms with Crippen molar-refractivity contribution in [1.82, 2.24) is 10.3 Å². The van der Waals surface area contributed by atoms with Gasteiger partial charge in [0, 0.05) is 12.5 Å². The molecule has 9 nitrogen and oxygen atoms in total. The number of amides is 2. The Bertz CT molecular complexity index is 669. The number of carbonyl (C=O) groups is 4. The van der Waals surface area contributed by atoms with E-state index < -0.39 is 47.7 Å². The SMILES string of the molecule is O=C(O)CC[C@H](NC(=O)c1ncc(NC(=O)CCl)cc1F)C(=O)O. The van der Waals surface area contributed by atoms with Crippen molar-refractivity contribution in [3.05, 3.63) is 23.8 Å². The van der Waals surface area contributed by atoms with Crippen molar-refractivity contribution in [1.29, 1.82) is 0 Å². The maximum absolute atomic E-state index is 13.9. The van der Waals surface area contributed by atoms with Gasteiger partial charge >= 0.3 is 11.9 Å². The van der Waals surface area contributed by atoms with Crippen LogP contribution in [0.4, 0.5) is 10.1 Å². The largest absolute Gasteiger partial charge is 0.481 e. The first-order valence-corrected chi connectivity index (χ1v) is 7.05. The van der Waals surface area contributed by atoms with Gasteiger partial charge in [-0.1, -0.05) is 0 Å². The molecule has 1 atom stereocenters. The van der Waals surface area contributed by atoms with E-state index in [9.17, 15) is 23.6 Å². The summed E-state index contributed by atoms with van der Waals surface area (Å²) in [7, 11) is 0. The van der Waals surface area contributed by atoms with Gasteiger partial charge in [-0.15, -0.1) is 11.6 Å². The molecule has 0 radical (unpaired) electrons. The lowest BCUT2D eigenvalue weighted by Crippen LogP contribution is -2.41. The lowest BCUT2D eigenvalue weighted by Gasteiger charge is -2.13. The topological polar surface area (TPSA) is 146 Å². The van der Waals surface area contributed by atoms with Crippen LogP contribution in [0, 0.1) is 5.82 Å². The van der Waals surface area contributed by atoms with Crippen LogP contribution >= 0.6 is 11.6 Å². The average Bonchev–Trinajstić information content (AvgIpc) is 2.50. The maximum atomic E-state index is 13.9. The van der Waals surface area contributed by atoms with E-state index in [2.05, 4.69) is 10.3 Å². The molecule has 4 N–H and O–H groups in total. The fourth-order valence-corrected chi connectivity index (χ4v) is 1.69. The summed E-state index contributed by atoms with van der Waals surface area (Å²) < 4.78 is 13.9. The minimum atomic E-state index is -1.51. The zero-order valence-electron chi connectivity index (χ0n) is 12.1. The first kappa shape index (κ1) is 19.3. The number of nitrogens with zero attached hydrogens (tertiary/aromatic N) is 1. The van der Waals surface area contributed by atoms with Gasteiger partial charge in [0.15, 0.2) is 11.5 Å². The van der Waals surface area contributed by atoms with Gasteiger partial charge in [0.2, 0.25) is 5.91 Å². The zero-order valence-corrected chi connectivity index (χ0v) is 12.8. The first-order chi connectivity index (χ1) is 11.2. The van der Waals surface area contributed by atoms with Crippen molar-refractivity contribution >= 4 is 41.0 Å². The third-order valence-electron chi connectivity index (χ3n) is 2.71. The smallest absolute Gasteiger partial charge is 0.326 e. The average molecular weight is 362 g/mol. The minimum Gasteiger partial charge on any atom is -0.481 e. The summed E-state index contributed by atoms with van der Waals surface area (Å²) in [5.74, 6) is -5.87. The Morgan fingerprint density at radius 2 is 1.96 bits per heavy atom.